The van der Waals surface area contributed by atoms with Gasteiger partial charge < -0.3 is 15.5 Å². The first-order chi connectivity index (χ1) is 13.5. The van der Waals surface area contributed by atoms with Crippen molar-refractivity contribution in [3.05, 3.63) is 16.1 Å². The summed E-state index contributed by atoms with van der Waals surface area (Å²) < 4.78 is 0. The lowest BCUT2D eigenvalue weighted by Gasteiger charge is -2.39. The summed E-state index contributed by atoms with van der Waals surface area (Å²) in [4.78, 5) is 12.3. The van der Waals surface area contributed by atoms with Gasteiger partial charge in [0.05, 0.1) is 12.2 Å². The van der Waals surface area contributed by atoms with Crippen LogP contribution in [0, 0.1) is 0 Å². The largest absolute Gasteiger partial charge is 0.357 e. The van der Waals surface area contributed by atoms with Gasteiger partial charge in [-0.15, -0.1) is 35.3 Å². The van der Waals surface area contributed by atoms with Crippen molar-refractivity contribution >= 4 is 41.3 Å². The molecule has 7 heteroatoms. The van der Waals surface area contributed by atoms with Crippen LogP contribution in [0.2, 0.25) is 0 Å². The molecule has 2 N–H and O–H groups in total. The van der Waals surface area contributed by atoms with Gasteiger partial charge in [0.15, 0.2) is 5.96 Å². The highest BCUT2D eigenvalue weighted by Crippen LogP contribution is 2.26. The van der Waals surface area contributed by atoms with Crippen molar-refractivity contribution in [2.24, 2.45) is 4.99 Å². The lowest BCUT2D eigenvalue weighted by molar-refractivity contribution is 0.119. The Labute approximate surface area is 198 Å². The minimum Gasteiger partial charge on any atom is -0.357 e. The summed E-state index contributed by atoms with van der Waals surface area (Å²) in [5, 5.41) is 10.4. The maximum Gasteiger partial charge on any atom is 0.191 e. The number of aromatic nitrogens is 1. The summed E-state index contributed by atoms with van der Waals surface area (Å²) in [5.41, 5.74) is 1.27. The van der Waals surface area contributed by atoms with Crippen LogP contribution in [-0.4, -0.2) is 47.6 Å². The Morgan fingerprint density at radius 3 is 2.45 bits per heavy atom. The van der Waals surface area contributed by atoms with Crippen LogP contribution in [0.5, 0.6) is 0 Å². The number of nitrogens with zero attached hydrogens (tertiary/aromatic N) is 3. The number of hydrogen-bond donors (Lipinski definition) is 2. The number of nitrogens with one attached hydrogen (secondary N) is 2. The standard InChI is InChI=1S/C22H39N5S.HI/c1-5-23-21(24-15-20-26-19(16-28-20)22(2,3)4)25-17-11-13-27(14-12-17)18-9-7-6-8-10-18;/h16-18H,5-15H2,1-4H3,(H2,23,24,25);1H. The predicted octanol–water partition coefficient (Wildman–Crippen LogP) is 4.91. The highest BCUT2D eigenvalue weighted by Gasteiger charge is 2.26. The molecule has 29 heavy (non-hydrogen) atoms. The van der Waals surface area contributed by atoms with E-state index in [2.05, 4.69) is 48.6 Å². The molecule has 0 aromatic carbocycles. The van der Waals surface area contributed by atoms with Crippen LogP contribution in [-0.2, 0) is 12.0 Å². The zero-order valence-electron chi connectivity index (χ0n) is 18.7. The summed E-state index contributed by atoms with van der Waals surface area (Å²) in [6.07, 6.45) is 9.53. The molecule has 1 aliphatic carbocycles. The van der Waals surface area contributed by atoms with Crippen LogP contribution in [0.3, 0.4) is 0 Å². The molecule has 5 nitrogen and oxygen atoms in total. The van der Waals surface area contributed by atoms with Crippen molar-refractivity contribution in [1.29, 1.82) is 0 Å². The van der Waals surface area contributed by atoms with Crippen LogP contribution in [0.1, 0.15) is 83.3 Å². The van der Waals surface area contributed by atoms with Gasteiger partial charge in [-0.1, -0.05) is 40.0 Å². The van der Waals surface area contributed by atoms with Crippen LogP contribution < -0.4 is 10.6 Å². The number of thiazole rings is 1. The fourth-order valence-electron chi connectivity index (χ4n) is 4.24. The molecule has 2 aliphatic rings. The number of halogens is 1. The molecule has 3 rings (SSSR count). The van der Waals surface area contributed by atoms with Crippen molar-refractivity contribution in [3.63, 3.8) is 0 Å². The molecule has 1 aliphatic heterocycles. The minimum absolute atomic E-state index is 0. The highest BCUT2D eigenvalue weighted by molar-refractivity contribution is 14.0. The van der Waals surface area contributed by atoms with Gasteiger partial charge in [0.1, 0.15) is 5.01 Å². The Balaban J connectivity index is 0.00000300. The van der Waals surface area contributed by atoms with E-state index in [-0.39, 0.29) is 29.4 Å². The number of likely N-dealkylation sites (tertiary alicyclic amines) is 1. The maximum atomic E-state index is 4.81. The predicted molar refractivity (Wildman–Crippen MR) is 136 cm³/mol. The lowest BCUT2D eigenvalue weighted by Crippen LogP contribution is -2.50. The fraction of sp³-hybridized carbons (Fsp3) is 0.818. The monoisotopic (exact) mass is 533 g/mol. The van der Waals surface area contributed by atoms with E-state index in [1.54, 1.807) is 11.3 Å². The molecule has 1 aromatic heterocycles. The van der Waals surface area contributed by atoms with E-state index in [9.17, 15) is 0 Å². The smallest absolute Gasteiger partial charge is 0.191 e. The van der Waals surface area contributed by atoms with E-state index in [0.29, 0.717) is 12.6 Å². The molecule has 1 aromatic rings. The lowest BCUT2D eigenvalue weighted by atomic mass is 9.92. The summed E-state index contributed by atoms with van der Waals surface area (Å²) in [5.74, 6) is 0.936. The number of piperidine rings is 1. The average Bonchev–Trinajstić information content (AvgIpc) is 3.17. The third kappa shape index (κ3) is 7.65. The Morgan fingerprint density at radius 1 is 1.17 bits per heavy atom. The number of aliphatic imine (C=N–C) groups is 1. The SMILES string of the molecule is CCNC(=NCc1nc(C(C)(C)C)cs1)NC1CCN(C2CCCCC2)CC1.I. The number of hydrogen-bond acceptors (Lipinski definition) is 4. The van der Waals surface area contributed by atoms with E-state index >= 15 is 0 Å². The third-order valence-electron chi connectivity index (χ3n) is 6.00. The van der Waals surface area contributed by atoms with Gasteiger partial charge in [-0.05, 0) is 32.6 Å². The average molecular weight is 534 g/mol. The second kappa shape index (κ2) is 11.8. The summed E-state index contributed by atoms with van der Waals surface area (Å²) in [6.45, 7) is 12.7. The Hall–Kier alpha value is -0.410. The Morgan fingerprint density at radius 2 is 1.86 bits per heavy atom. The molecule has 0 atom stereocenters. The van der Waals surface area contributed by atoms with Gasteiger partial charge in [-0.25, -0.2) is 9.98 Å². The molecule has 1 saturated heterocycles. The Kier molecular flexibility index (Phi) is 10.1. The molecule has 2 fully saturated rings. The van der Waals surface area contributed by atoms with Gasteiger partial charge in [-0.2, -0.15) is 0 Å². The fourth-order valence-corrected chi connectivity index (χ4v) is 5.19. The molecular formula is C22H40IN5S. The van der Waals surface area contributed by atoms with Crippen LogP contribution >= 0.6 is 35.3 Å². The summed E-state index contributed by atoms with van der Waals surface area (Å²) in [7, 11) is 0. The second-order valence-electron chi connectivity index (χ2n) is 9.32. The molecule has 0 radical (unpaired) electrons. The summed E-state index contributed by atoms with van der Waals surface area (Å²) >= 11 is 1.72. The number of rotatable bonds is 5. The maximum absolute atomic E-state index is 4.81. The molecule has 0 spiro atoms. The first-order valence-electron chi connectivity index (χ1n) is 11.2. The van der Waals surface area contributed by atoms with E-state index in [0.717, 1.165) is 29.2 Å². The van der Waals surface area contributed by atoms with Crippen LogP contribution in [0.15, 0.2) is 10.4 Å². The third-order valence-corrected chi connectivity index (χ3v) is 6.83. The first-order valence-corrected chi connectivity index (χ1v) is 12.1. The first kappa shape index (κ1) is 24.9. The van der Waals surface area contributed by atoms with Crippen LogP contribution in [0.4, 0.5) is 0 Å². The topological polar surface area (TPSA) is 52.6 Å². The highest BCUT2D eigenvalue weighted by atomic mass is 127. The molecule has 0 unspecified atom stereocenters. The van der Waals surface area contributed by atoms with Crippen molar-refractivity contribution in [1.82, 2.24) is 20.5 Å². The van der Waals surface area contributed by atoms with Crippen molar-refractivity contribution in [3.8, 4) is 0 Å². The van der Waals surface area contributed by atoms with Crippen molar-refractivity contribution < 1.29 is 0 Å². The minimum atomic E-state index is 0. The van der Waals surface area contributed by atoms with E-state index in [4.69, 9.17) is 9.98 Å². The molecule has 2 heterocycles. The normalized spacial score (nSPS) is 20.3. The van der Waals surface area contributed by atoms with Gasteiger partial charge >= 0.3 is 0 Å². The number of guanidine groups is 1. The zero-order chi connectivity index (χ0) is 20.0. The zero-order valence-corrected chi connectivity index (χ0v) is 21.8. The van der Waals surface area contributed by atoms with Crippen LogP contribution in [0.25, 0.3) is 0 Å². The molecular weight excluding hydrogens is 493 g/mol. The molecule has 0 bridgehead atoms. The van der Waals surface area contributed by atoms with Gasteiger partial charge in [0.25, 0.3) is 0 Å². The molecule has 1 saturated carbocycles. The van der Waals surface area contributed by atoms with E-state index < -0.39 is 0 Å². The van der Waals surface area contributed by atoms with E-state index in [1.165, 1.54) is 58.0 Å². The van der Waals surface area contributed by atoms with Crippen molar-refractivity contribution in [2.75, 3.05) is 19.6 Å². The summed E-state index contributed by atoms with van der Waals surface area (Å²) in [6, 6.07) is 1.37. The van der Waals surface area contributed by atoms with Crippen molar-refractivity contribution in [2.45, 2.75) is 96.7 Å². The van der Waals surface area contributed by atoms with Gasteiger partial charge in [0.2, 0.25) is 0 Å². The van der Waals surface area contributed by atoms with E-state index in [1.807, 2.05) is 0 Å². The second-order valence-corrected chi connectivity index (χ2v) is 10.3. The molecule has 166 valence electrons. The van der Waals surface area contributed by atoms with Gasteiger partial charge in [-0.3, -0.25) is 0 Å². The molecule has 0 amide bonds. The Bertz CT molecular complexity index is 625. The quantitative estimate of drug-likeness (QED) is 0.321. The van der Waals surface area contributed by atoms with Gasteiger partial charge in [0, 0.05) is 42.5 Å².